The van der Waals surface area contributed by atoms with Crippen LogP contribution < -0.4 is 0 Å². The number of ether oxygens (including phenoxy) is 3. The molecule has 0 bridgehead atoms. The lowest BCUT2D eigenvalue weighted by atomic mass is 9.87. The largest absolute Gasteiger partial charge is 0.465 e. The zero-order chi connectivity index (χ0) is 15.8. The first-order valence-corrected chi connectivity index (χ1v) is 7.51. The van der Waals surface area contributed by atoms with Crippen LogP contribution in [0.5, 0.6) is 0 Å². The monoisotopic (exact) mass is 288 g/mol. The molecule has 0 aromatic heterocycles. The Balaban J connectivity index is 4.49. The summed E-state index contributed by atoms with van der Waals surface area (Å²) in [4.78, 5) is 11.6. The van der Waals surface area contributed by atoms with Crippen LogP contribution >= 0.6 is 0 Å². The zero-order valence-corrected chi connectivity index (χ0v) is 14.2. The lowest BCUT2D eigenvalue weighted by Crippen LogP contribution is -2.41. The van der Waals surface area contributed by atoms with E-state index < -0.39 is 0 Å². The summed E-state index contributed by atoms with van der Waals surface area (Å²) in [6.07, 6.45) is 1.00. The van der Waals surface area contributed by atoms with Crippen molar-refractivity contribution in [2.75, 3.05) is 26.9 Å². The summed E-state index contributed by atoms with van der Waals surface area (Å²) >= 11 is 0. The highest BCUT2D eigenvalue weighted by Gasteiger charge is 2.32. The van der Waals surface area contributed by atoms with E-state index >= 15 is 0 Å². The van der Waals surface area contributed by atoms with E-state index in [0.29, 0.717) is 25.7 Å². The minimum Gasteiger partial charge on any atom is -0.465 e. The molecule has 120 valence electrons. The summed E-state index contributed by atoms with van der Waals surface area (Å²) in [5.74, 6) is 0.243. The Kier molecular flexibility index (Phi) is 9.06. The van der Waals surface area contributed by atoms with Gasteiger partial charge in [0.05, 0.1) is 25.2 Å². The smallest absolute Gasteiger partial charge is 0.308 e. The summed E-state index contributed by atoms with van der Waals surface area (Å²) in [6, 6.07) is 0. The quantitative estimate of drug-likeness (QED) is 0.579. The van der Waals surface area contributed by atoms with Crippen molar-refractivity contribution >= 4 is 5.97 Å². The average Bonchev–Trinajstić information content (AvgIpc) is 2.39. The highest BCUT2D eigenvalue weighted by atomic mass is 16.5. The molecular formula is C16H32O4. The molecule has 0 radical (unpaired) electrons. The Bertz CT molecular complexity index is 274. The number of carbonyl (C=O) groups is 1. The molecular weight excluding hydrogens is 256 g/mol. The molecule has 0 aliphatic rings. The third-order valence-corrected chi connectivity index (χ3v) is 3.53. The third-order valence-electron chi connectivity index (χ3n) is 3.53. The van der Waals surface area contributed by atoms with Crippen molar-refractivity contribution in [3.05, 3.63) is 0 Å². The van der Waals surface area contributed by atoms with Crippen LogP contribution in [-0.4, -0.2) is 39.0 Å². The van der Waals surface area contributed by atoms with E-state index in [9.17, 15) is 4.79 Å². The topological polar surface area (TPSA) is 44.8 Å². The number of hydrogen-bond acceptors (Lipinski definition) is 4. The SMILES string of the molecule is CCC(C)COC(COC)C(C)(C)COC(=O)C(C)C. The minimum atomic E-state index is -0.270. The van der Waals surface area contributed by atoms with Gasteiger partial charge in [-0.25, -0.2) is 0 Å². The maximum absolute atomic E-state index is 11.6. The van der Waals surface area contributed by atoms with E-state index in [2.05, 4.69) is 13.8 Å². The Morgan fingerprint density at radius 1 is 1.15 bits per heavy atom. The maximum atomic E-state index is 11.6. The minimum absolute atomic E-state index is 0.0820. The fourth-order valence-electron chi connectivity index (χ4n) is 1.57. The Morgan fingerprint density at radius 3 is 2.20 bits per heavy atom. The Hall–Kier alpha value is -0.610. The molecule has 0 spiro atoms. The van der Waals surface area contributed by atoms with Gasteiger partial charge in [-0.2, -0.15) is 0 Å². The van der Waals surface area contributed by atoms with Crippen molar-refractivity contribution in [3.63, 3.8) is 0 Å². The number of esters is 1. The molecule has 2 unspecified atom stereocenters. The molecule has 0 N–H and O–H groups in total. The van der Waals surface area contributed by atoms with Crippen LogP contribution in [0.1, 0.15) is 48.0 Å². The second kappa shape index (κ2) is 9.35. The number of carbonyl (C=O) groups excluding carboxylic acids is 1. The standard InChI is InChI=1S/C16H32O4/c1-8-13(4)9-19-14(10-18-7)16(5,6)11-20-15(17)12(2)3/h12-14H,8-11H2,1-7H3. The molecule has 0 saturated carbocycles. The van der Waals surface area contributed by atoms with Crippen molar-refractivity contribution in [1.29, 1.82) is 0 Å². The van der Waals surface area contributed by atoms with Crippen molar-refractivity contribution < 1.29 is 19.0 Å². The third kappa shape index (κ3) is 7.25. The number of methoxy groups -OCH3 is 1. The molecule has 0 amide bonds. The van der Waals surface area contributed by atoms with E-state index in [1.54, 1.807) is 7.11 Å². The highest BCUT2D eigenvalue weighted by Crippen LogP contribution is 2.25. The second-order valence-corrected chi connectivity index (χ2v) is 6.54. The van der Waals surface area contributed by atoms with Gasteiger partial charge in [0.2, 0.25) is 0 Å². The van der Waals surface area contributed by atoms with Crippen molar-refractivity contribution in [3.8, 4) is 0 Å². The van der Waals surface area contributed by atoms with Crippen LogP contribution in [-0.2, 0) is 19.0 Å². The molecule has 0 aliphatic heterocycles. The first kappa shape index (κ1) is 19.4. The number of rotatable bonds is 10. The summed E-state index contributed by atoms with van der Waals surface area (Å²) < 4.78 is 16.6. The zero-order valence-electron chi connectivity index (χ0n) is 14.2. The van der Waals surface area contributed by atoms with Gasteiger partial charge in [0.25, 0.3) is 0 Å². The maximum Gasteiger partial charge on any atom is 0.308 e. The molecule has 0 saturated heterocycles. The van der Waals surface area contributed by atoms with Gasteiger partial charge >= 0.3 is 5.97 Å². The molecule has 4 nitrogen and oxygen atoms in total. The predicted octanol–water partition coefficient (Wildman–Crippen LogP) is 3.29. The van der Waals surface area contributed by atoms with Crippen LogP contribution in [0.4, 0.5) is 0 Å². The molecule has 4 heteroatoms. The first-order chi connectivity index (χ1) is 9.24. The van der Waals surface area contributed by atoms with Crippen molar-refractivity contribution in [2.24, 2.45) is 17.3 Å². The van der Waals surface area contributed by atoms with Gasteiger partial charge < -0.3 is 14.2 Å². The fraction of sp³-hybridized carbons (Fsp3) is 0.938. The average molecular weight is 288 g/mol. The van der Waals surface area contributed by atoms with Crippen LogP contribution in [0.25, 0.3) is 0 Å². The summed E-state index contributed by atoms with van der Waals surface area (Å²) in [6.45, 7) is 13.6. The summed E-state index contributed by atoms with van der Waals surface area (Å²) in [5.41, 5.74) is -0.270. The fourth-order valence-corrected chi connectivity index (χ4v) is 1.57. The lowest BCUT2D eigenvalue weighted by Gasteiger charge is -2.34. The normalized spacial score (nSPS) is 15.2. The van der Waals surface area contributed by atoms with Crippen molar-refractivity contribution in [1.82, 2.24) is 0 Å². The summed E-state index contributed by atoms with van der Waals surface area (Å²) in [5, 5.41) is 0. The van der Waals surface area contributed by atoms with Gasteiger partial charge in [-0.3, -0.25) is 4.79 Å². The van der Waals surface area contributed by atoms with Crippen LogP contribution in [0.2, 0.25) is 0 Å². The molecule has 0 fully saturated rings. The molecule has 0 aromatic carbocycles. The van der Waals surface area contributed by atoms with E-state index in [0.717, 1.165) is 6.42 Å². The number of hydrogen-bond donors (Lipinski definition) is 0. The molecule has 2 atom stereocenters. The van der Waals surface area contributed by atoms with E-state index in [1.165, 1.54) is 0 Å². The lowest BCUT2D eigenvalue weighted by molar-refractivity contribution is -0.156. The van der Waals surface area contributed by atoms with E-state index in [1.807, 2.05) is 27.7 Å². The van der Waals surface area contributed by atoms with Gasteiger partial charge in [-0.05, 0) is 5.92 Å². The van der Waals surface area contributed by atoms with Crippen LogP contribution in [0.15, 0.2) is 0 Å². The van der Waals surface area contributed by atoms with Crippen molar-refractivity contribution in [2.45, 2.75) is 54.1 Å². The molecule has 20 heavy (non-hydrogen) atoms. The van der Waals surface area contributed by atoms with Gasteiger partial charge in [0.15, 0.2) is 0 Å². The van der Waals surface area contributed by atoms with E-state index in [-0.39, 0.29) is 23.4 Å². The molecule has 0 aliphatic carbocycles. The highest BCUT2D eigenvalue weighted by molar-refractivity contribution is 5.71. The van der Waals surface area contributed by atoms with Gasteiger partial charge in [-0.15, -0.1) is 0 Å². The predicted molar refractivity (Wildman–Crippen MR) is 80.6 cm³/mol. The Labute approximate surface area is 124 Å². The molecule has 0 rings (SSSR count). The van der Waals surface area contributed by atoms with E-state index in [4.69, 9.17) is 14.2 Å². The van der Waals surface area contributed by atoms with Gasteiger partial charge in [0.1, 0.15) is 0 Å². The molecule has 0 aromatic rings. The van der Waals surface area contributed by atoms with Crippen LogP contribution in [0, 0.1) is 17.3 Å². The van der Waals surface area contributed by atoms with Gasteiger partial charge in [0, 0.05) is 19.1 Å². The summed E-state index contributed by atoms with van der Waals surface area (Å²) in [7, 11) is 1.66. The first-order valence-electron chi connectivity index (χ1n) is 7.51. The molecule has 0 heterocycles. The van der Waals surface area contributed by atoms with Crippen LogP contribution in [0.3, 0.4) is 0 Å². The second-order valence-electron chi connectivity index (χ2n) is 6.54. The van der Waals surface area contributed by atoms with Gasteiger partial charge in [-0.1, -0.05) is 48.0 Å². The Morgan fingerprint density at radius 2 is 1.75 bits per heavy atom.